The van der Waals surface area contributed by atoms with E-state index in [-0.39, 0.29) is 23.8 Å². The fourth-order valence-electron chi connectivity index (χ4n) is 3.96. The van der Waals surface area contributed by atoms with E-state index < -0.39 is 0 Å². The van der Waals surface area contributed by atoms with Crippen LogP contribution in [0.3, 0.4) is 0 Å². The van der Waals surface area contributed by atoms with E-state index in [0.29, 0.717) is 24.3 Å². The molecule has 2 amide bonds. The van der Waals surface area contributed by atoms with Gasteiger partial charge in [-0.15, -0.1) is 0 Å². The molecule has 7 nitrogen and oxygen atoms in total. The van der Waals surface area contributed by atoms with Crippen molar-refractivity contribution in [2.45, 2.75) is 39.2 Å². The van der Waals surface area contributed by atoms with Crippen molar-refractivity contribution in [2.24, 2.45) is 0 Å². The van der Waals surface area contributed by atoms with Crippen LogP contribution in [0.5, 0.6) is 0 Å². The molecule has 1 saturated heterocycles. The highest BCUT2D eigenvalue weighted by atomic mass is 16.2. The molecule has 1 aliphatic heterocycles. The van der Waals surface area contributed by atoms with Gasteiger partial charge in [0.2, 0.25) is 0 Å². The van der Waals surface area contributed by atoms with Crippen molar-refractivity contribution < 1.29 is 9.59 Å². The van der Waals surface area contributed by atoms with Crippen molar-refractivity contribution in [3.8, 4) is 0 Å². The van der Waals surface area contributed by atoms with E-state index in [9.17, 15) is 9.59 Å². The summed E-state index contributed by atoms with van der Waals surface area (Å²) in [5.41, 5.74) is 3.18. The molecule has 0 radical (unpaired) electrons. The minimum atomic E-state index is -0.151. The molecule has 1 aliphatic rings. The monoisotopic (exact) mass is 391 g/mol. The number of fused-ring (bicyclic) bond motifs is 1. The zero-order chi connectivity index (χ0) is 20.5. The minimum absolute atomic E-state index is 0.0237. The van der Waals surface area contributed by atoms with Crippen molar-refractivity contribution in [2.75, 3.05) is 18.4 Å². The molecule has 3 heterocycles. The molecule has 0 unspecified atom stereocenters. The zero-order valence-corrected chi connectivity index (χ0v) is 16.9. The van der Waals surface area contributed by atoms with Crippen molar-refractivity contribution in [3.63, 3.8) is 0 Å². The Morgan fingerprint density at radius 2 is 2.07 bits per heavy atom. The number of pyridine rings is 1. The van der Waals surface area contributed by atoms with E-state index in [0.717, 1.165) is 23.3 Å². The third-order valence-electron chi connectivity index (χ3n) is 5.40. The summed E-state index contributed by atoms with van der Waals surface area (Å²) in [4.78, 5) is 35.2. The third kappa shape index (κ3) is 3.72. The van der Waals surface area contributed by atoms with Crippen molar-refractivity contribution >= 4 is 28.5 Å². The number of urea groups is 1. The molecule has 0 spiro atoms. The van der Waals surface area contributed by atoms with Gasteiger partial charge in [-0.05, 0) is 45.4 Å². The highest BCUT2D eigenvalue weighted by molar-refractivity contribution is 5.96. The van der Waals surface area contributed by atoms with Crippen LogP contribution >= 0.6 is 0 Å². The second-order valence-corrected chi connectivity index (χ2v) is 7.80. The average Bonchev–Trinajstić information content (AvgIpc) is 3.33. The number of likely N-dealkylation sites (tertiary alicyclic amines) is 1. The predicted molar refractivity (Wildman–Crippen MR) is 112 cm³/mol. The van der Waals surface area contributed by atoms with Crippen LogP contribution in [0, 0.1) is 0 Å². The number of carbonyl (C=O) groups excluding carboxylic acids is 2. The van der Waals surface area contributed by atoms with Gasteiger partial charge in [0.1, 0.15) is 5.82 Å². The molecule has 0 aliphatic carbocycles. The van der Waals surface area contributed by atoms with Gasteiger partial charge in [0, 0.05) is 42.5 Å². The van der Waals surface area contributed by atoms with Gasteiger partial charge >= 0.3 is 6.03 Å². The first-order chi connectivity index (χ1) is 13.9. The molecule has 0 bridgehead atoms. The smallest absolute Gasteiger partial charge is 0.321 e. The molecule has 3 aromatic rings. The first-order valence-corrected chi connectivity index (χ1v) is 9.93. The summed E-state index contributed by atoms with van der Waals surface area (Å²) in [6.07, 6.45) is 4.48. The van der Waals surface area contributed by atoms with Crippen LogP contribution in [-0.4, -0.2) is 44.3 Å². The van der Waals surface area contributed by atoms with Gasteiger partial charge in [-0.25, -0.2) is 9.78 Å². The summed E-state index contributed by atoms with van der Waals surface area (Å²) < 4.78 is 2.23. The van der Waals surface area contributed by atoms with Crippen LogP contribution in [0.1, 0.15) is 55.3 Å². The van der Waals surface area contributed by atoms with Crippen molar-refractivity contribution in [1.29, 1.82) is 0 Å². The molecular weight excluding hydrogens is 366 g/mol. The Bertz CT molecular complexity index is 1070. The van der Waals surface area contributed by atoms with E-state index in [1.807, 2.05) is 17.2 Å². The first kappa shape index (κ1) is 19.1. The SMILES string of the molecule is CC(=O)c1cccc(NC(=O)N2CC[C@@H](c3nc4ccncc4n3C(C)C)C2)c1. The Kier molecular flexibility index (Phi) is 5.05. The number of nitrogens with one attached hydrogen (secondary N) is 1. The fraction of sp³-hybridized carbons (Fsp3) is 0.364. The molecule has 1 fully saturated rings. The quantitative estimate of drug-likeness (QED) is 0.675. The molecular formula is C22H25N5O2. The maximum Gasteiger partial charge on any atom is 0.321 e. The summed E-state index contributed by atoms with van der Waals surface area (Å²) in [6, 6.07) is 9.06. The van der Waals surface area contributed by atoms with Crippen LogP contribution in [0.15, 0.2) is 42.7 Å². The molecule has 7 heteroatoms. The number of anilines is 1. The van der Waals surface area contributed by atoms with E-state index in [4.69, 9.17) is 4.98 Å². The lowest BCUT2D eigenvalue weighted by Gasteiger charge is -2.19. The molecule has 29 heavy (non-hydrogen) atoms. The number of hydrogen-bond acceptors (Lipinski definition) is 4. The van der Waals surface area contributed by atoms with Gasteiger partial charge in [-0.1, -0.05) is 12.1 Å². The predicted octanol–water partition coefficient (Wildman–Crippen LogP) is 4.24. The minimum Gasteiger partial charge on any atom is -0.324 e. The number of aromatic nitrogens is 3. The largest absolute Gasteiger partial charge is 0.324 e. The van der Waals surface area contributed by atoms with Gasteiger partial charge in [0.15, 0.2) is 5.78 Å². The number of carbonyl (C=O) groups is 2. The molecule has 1 N–H and O–H groups in total. The zero-order valence-electron chi connectivity index (χ0n) is 16.9. The summed E-state index contributed by atoms with van der Waals surface area (Å²) >= 11 is 0. The number of ketones is 1. The Morgan fingerprint density at radius 1 is 1.24 bits per heavy atom. The van der Waals surface area contributed by atoms with Gasteiger partial charge in [-0.3, -0.25) is 9.78 Å². The molecule has 1 aromatic carbocycles. The summed E-state index contributed by atoms with van der Waals surface area (Å²) in [5.74, 6) is 1.17. The Balaban J connectivity index is 1.51. The normalized spacial score (nSPS) is 16.6. The first-order valence-electron chi connectivity index (χ1n) is 9.93. The number of Topliss-reactive ketones (excluding diaryl/α,β-unsaturated/α-hetero) is 1. The lowest BCUT2D eigenvalue weighted by Crippen LogP contribution is -2.33. The molecule has 1 atom stereocenters. The second-order valence-electron chi connectivity index (χ2n) is 7.80. The number of hydrogen-bond donors (Lipinski definition) is 1. The van der Waals surface area contributed by atoms with Crippen LogP contribution < -0.4 is 5.32 Å². The number of imidazole rings is 1. The summed E-state index contributed by atoms with van der Waals surface area (Å²) in [6.45, 7) is 7.07. The van der Waals surface area contributed by atoms with Crippen molar-refractivity contribution in [1.82, 2.24) is 19.4 Å². The second kappa shape index (κ2) is 7.66. The third-order valence-corrected chi connectivity index (χ3v) is 5.40. The number of rotatable bonds is 4. The Morgan fingerprint density at radius 3 is 2.83 bits per heavy atom. The summed E-state index contributed by atoms with van der Waals surface area (Å²) in [5, 5.41) is 2.91. The van der Waals surface area contributed by atoms with Crippen LogP contribution in [0.4, 0.5) is 10.5 Å². The topological polar surface area (TPSA) is 80.1 Å². The van der Waals surface area contributed by atoms with Gasteiger partial charge in [0.05, 0.1) is 17.2 Å². The van der Waals surface area contributed by atoms with Gasteiger partial charge < -0.3 is 14.8 Å². The number of nitrogens with zero attached hydrogens (tertiary/aromatic N) is 4. The molecule has 2 aromatic heterocycles. The lowest BCUT2D eigenvalue weighted by molar-refractivity contribution is 0.101. The molecule has 0 saturated carbocycles. The Labute approximate surface area is 169 Å². The van der Waals surface area contributed by atoms with Gasteiger partial charge in [-0.2, -0.15) is 0 Å². The number of benzene rings is 1. The van der Waals surface area contributed by atoms with E-state index in [1.54, 1.807) is 30.5 Å². The lowest BCUT2D eigenvalue weighted by atomic mass is 10.1. The maximum absolute atomic E-state index is 12.8. The standard InChI is InChI=1S/C22H25N5O2/c1-14(2)27-20-12-23-9-7-19(20)25-21(27)17-8-10-26(13-17)22(29)24-18-6-4-5-16(11-18)15(3)28/h4-7,9,11-12,14,17H,8,10,13H2,1-3H3,(H,24,29)/t17-/m1/s1. The average molecular weight is 391 g/mol. The van der Waals surface area contributed by atoms with E-state index >= 15 is 0 Å². The highest BCUT2D eigenvalue weighted by Crippen LogP contribution is 2.31. The Hall–Kier alpha value is -3.22. The maximum atomic E-state index is 12.8. The van der Waals surface area contributed by atoms with E-state index in [2.05, 4.69) is 28.7 Å². The molecule has 4 rings (SSSR count). The van der Waals surface area contributed by atoms with Crippen LogP contribution in [0.2, 0.25) is 0 Å². The molecule has 150 valence electrons. The van der Waals surface area contributed by atoms with Crippen LogP contribution in [0.25, 0.3) is 11.0 Å². The fourth-order valence-corrected chi connectivity index (χ4v) is 3.96. The van der Waals surface area contributed by atoms with Gasteiger partial charge in [0.25, 0.3) is 0 Å². The number of amides is 2. The van der Waals surface area contributed by atoms with Crippen LogP contribution in [-0.2, 0) is 0 Å². The highest BCUT2D eigenvalue weighted by Gasteiger charge is 2.31. The van der Waals surface area contributed by atoms with E-state index in [1.165, 1.54) is 6.92 Å². The summed E-state index contributed by atoms with van der Waals surface area (Å²) in [7, 11) is 0. The van der Waals surface area contributed by atoms with Crippen molar-refractivity contribution in [3.05, 3.63) is 54.1 Å².